The number of nitrogens with one attached hydrogen (secondary N) is 1. The summed E-state index contributed by atoms with van der Waals surface area (Å²) < 4.78 is 5.21. The van der Waals surface area contributed by atoms with E-state index in [9.17, 15) is 4.79 Å². The van der Waals surface area contributed by atoms with Crippen molar-refractivity contribution in [1.82, 2.24) is 5.32 Å². The van der Waals surface area contributed by atoms with E-state index in [4.69, 9.17) is 22.1 Å². The Labute approximate surface area is 106 Å². The van der Waals surface area contributed by atoms with Crippen LogP contribution >= 0.6 is 11.6 Å². The van der Waals surface area contributed by atoms with Crippen LogP contribution in [-0.4, -0.2) is 25.2 Å². The number of para-hydroxylation sites is 1. The highest BCUT2D eigenvalue weighted by Gasteiger charge is 2.19. The lowest BCUT2D eigenvalue weighted by Crippen LogP contribution is -2.39. The Kier molecular flexibility index (Phi) is 4.37. The van der Waals surface area contributed by atoms with Crippen molar-refractivity contribution in [2.45, 2.75) is 19.4 Å². The van der Waals surface area contributed by atoms with Gasteiger partial charge in [-0.25, -0.2) is 0 Å². The van der Waals surface area contributed by atoms with Gasteiger partial charge in [0.05, 0.1) is 21.9 Å². The summed E-state index contributed by atoms with van der Waals surface area (Å²) in [5.74, 6) is -0.255. The van der Waals surface area contributed by atoms with E-state index in [1.54, 1.807) is 25.3 Å². The lowest BCUT2D eigenvalue weighted by molar-refractivity contribution is 0.0229. The molecule has 0 aromatic heterocycles. The number of amides is 1. The van der Waals surface area contributed by atoms with Gasteiger partial charge in [-0.3, -0.25) is 4.79 Å². The molecule has 0 saturated carbocycles. The van der Waals surface area contributed by atoms with Gasteiger partial charge in [-0.2, -0.15) is 0 Å². The van der Waals surface area contributed by atoms with Crippen molar-refractivity contribution < 1.29 is 9.53 Å². The van der Waals surface area contributed by atoms with Crippen LogP contribution in [0.3, 0.4) is 0 Å². The molecule has 17 heavy (non-hydrogen) atoms. The fraction of sp³-hybridized carbons (Fsp3) is 0.417. The fourth-order valence-corrected chi connectivity index (χ4v) is 1.37. The second kappa shape index (κ2) is 5.38. The van der Waals surface area contributed by atoms with E-state index < -0.39 is 5.60 Å². The summed E-state index contributed by atoms with van der Waals surface area (Å²) in [5.41, 5.74) is 5.99. The number of carbonyl (C=O) groups excluding carboxylic acids is 1. The Balaban J connectivity index is 2.74. The maximum Gasteiger partial charge on any atom is 0.253 e. The van der Waals surface area contributed by atoms with Crippen LogP contribution in [0.2, 0.25) is 5.02 Å². The van der Waals surface area contributed by atoms with Crippen LogP contribution in [0.4, 0.5) is 5.69 Å². The summed E-state index contributed by atoms with van der Waals surface area (Å²) >= 11 is 5.85. The molecule has 0 heterocycles. The maximum absolute atomic E-state index is 11.9. The van der Waals surface area contributed by atoms with Crippen LogP contribution in [0.25, 0.3) is 0 Å². The molecule has 0 unspecified atom stereocenters. The van der Waals surface area contributed by atoms with Gasteiger partial charge in [0.25, 0.3) is 5.91 Å². The Morgan fingerprint density at radius 1 is 1.53 bits per heavy atom. The maximum atomic E-state index is 11.9. The van der Waals surface area contributed by atoms with E-state index in [1.807, 2.05) is 13.8 Å². The first-order chi connectivity index (χ1) is 7.87. The molecule has 0 aliphatic heterocycles. The molecule has 0 aliphatic rings. The molecular formula is C12H17ClN2O2. The van der Waals surface area contributed by atoms with Gasteiger partial charge >= 0.3 is 0 Å². The average Bonchev–Trinajstić information content (AvgIpc) is 2.30. The predicted molar refractivity (Wildman–Crippen MR) is 69.3 cm³/mol. The Morgan fingerprint density at radius 2 is 2.18 bits per heavy atom. The molecule has 0 saturated heterocycles. The van der Waals surface area contributed by atoms with E-state index >= 15 is 0 Å². The molecule has 1 amide bonds. The third kappa shape index (κ3) is 3.61. The molecule has 94 valence electrons. The third-order valence-electron chi connectivity index (χ3n) is 2.52. The molecule has 0 fully saturated rings. The van der Waals surface area contributed by atoms with Crippen LogP contribution in [0.15, 0.2) is 18.2 Å². The van der Waals surface area contributed by atoms with Crippen molar-refractivity contribution >= 4 is 23.2 Å². The normalized spacial score (nSPS) is 11.3. The number of rotatable bonds is 4. The first-order valence-electron chi connectivity index (χ1n) is 5.25. The van der Waals surface area contributed by atoms with Crippen LogP contribution in [0.1, 0.15) is 24.2 Å². The van der Waals surface area contributed by atoms with E-state index in [1.165, 1.54) is 0 Å². The van der Waals surface area contributed by atoms with Crippen molar-refractivity contribution in [3.8, 4) is 0 Å². The number of methoxy groups -OCH3 is 1. The van der Waals surface area contributed by atoms with Gasteiger partial charge in [-0.05, 0) is 26.0 Å². The molecule has 3 N–H and O–H groups in total. The van der Waals surface area contributed by atoms with Crippen molar-refractivity contribution in [1.29, 1.82) is 0 Å². The molecule has 0 atom stereocenters. The zero-order chi connectivity index (χ0) is 13.1. The first-order valence-corrected chi connectivity index (χ1v) is 5.62. The molecule has 4 nitrogen and oxygen atoms in total. The van der Waals surface area contributed by atoms with E-state index in [0.29, 0.717) is 22.8 Å². The summed E-state index contributed by atoms with van der Waals surface area (Å²) in [7, 11) is 1.60. The molecule has 0 bridgehead atoms. The lowest BCUT2D eigenvalue weighted by Gasteiger charge is -2.23. The Hall–Kier alpha value is -1.26. The average molecular weight is 257 g/mol. The number of nitrogen functional groups attached to an aromatic ring is 1. The first kappa shape index (κ1) is 13.8. The van der Waals surface area contributed by atoms with Gasteiger partial charge in [0, 0.05) is 13.7 Å². The topological polar surface area (TPSA) is 64.3 Å². The number of benzene rings is 1. The summed E-state index contributed by atoms with van der Waals surface area (Å²) in [6.07, 6.45) is 0. The number of hydrogen-bond donors (Lipinski definition) is 2. The minimum atomic E-state index is -0.414. The standard InChI is InChI=1S/C12H17ClN2O2/c1-12(2,17-3)7-15-11(16)8-5-4-6-9(13)10(8)14/h4-6H,7,14H2,1-3H3,(H,15,16). The monoisotopic (exact) mass is 256 g/mol. The lowest BCUT2D eigenvalue weighted by atomic mass is 10.1. The molecule has 5 heteroatoms. The highest BCUT2D eigenvalue weighted by atomic mass is 35.5. The Bertz CT molecular complexity index is 419. The summed E-state index contributed by atoms with van der Waals surface area (Å²) in [6, 6.07) is 4.97. The van der Waals surface area contributed by atoms with Gasteiger partial charge in [0.1, 0.15) is 0 Å². The zero-order valence-corrected chi connectivity index (χ0v) is 11.0. The van der Waals surface area contributed by atoms with Crippen molar-refractivity contribution in [2.75, 3.05) is 19.4 Å². The predicted octanol–water partition coefficient (Wildman–Crippen LogP) is 2.08. The molecule has 0 aliphatic carbocycles. The number of anilines is 1. The van der Waals surface area contributed by atoms with Crippen LogP contribution in [0.5, 0.6) is 0 Å². The SMILES string of the molecule is COC(C)(C)CNC(=O)c1cccc(Cl)c1N. The van der Waals surface area contributed by atoms with E-state index in [2.05, 4.69) is 5.32 Å². The quantitative estimate of drug-likeness (QED) is 0.811. The summed E-state index contributed by atoms with van der Waals surface area (Å²) in [6.45, 7) is 4.16. The number of carbonyl (C=O) groups is 1. The smallest absolute Gasteiger partial charge is 0.253 e. The summed E-state index contributed by atoms with van der Waals surface area (Å²) in [4.78, 5) is 11.9. The number of hydrogen-bond acceptors (Lipinski definition) is 3. The van der Waals surface area contributed by atoms with E-state index in [0.717, 1.165) is 0 Å². The second-order valence-corrected chi connectivity index (χ2v) is 4.75. The largest absolute Gasteiger partial charge is 0.397 e. The molecule has 1 aromatic carbocycles. The molecule has 1 aromatic rings. The van der Waals surface area contributed by atoms with Crippen LogP contribution < -0.4 is 11.1 Å². The van der Waals surface area contributed by atoms with Crippen molar-refractivity contribution in [3.63, 3.8) is 0 Å². The summed E-state index contributed by atoms with van der Waals surface area (Å²) in [5, 5.41) is 3.13. The highest BCUT2D eigenvalue weighted by Crippen LogP contribution is 2.22. The zero-order valence-electron chi connectivity index (χ0n) is 10.2. The van der Waals surface area contributed by atoms with Gasteiger partial charge in [-0.1, -0.05) is 17.7 Å². The highest BCUT2D eigenvalue weighted by molar-refractivity contribution is 6.33. The van der Waals surface area contributed by atoms with E-state index in [-0.39, 0.29) is 5.91 Å². The molecule has 0 radical (unpaired) electrons. The van der Waals surface area contributed by atoms with Gasteiger partial charge in [-0.15, -0.1) is 0 Å². The fourth-order valence-electron chi connectivity index (χ4n) is 1.20. The number of halogens is 1. The van der Waals surface area contributed by atoms with Gasteiger partial charge in [0.15, 0.2) is 0 Å². The van der Waals surface area contributed by atoms with Crippen LogP contribution in [-0.2, 0) is 4.74 Å². The van der Waals surface area contributed by atoms with Crippen molar-refractivity contribution in [2.24, 2.45) is 0 Å². The van der Waals surface area contributed by atoms with Crippen molar-refractivity contribution in [3.05, 3.63) is 28.8 Å². The minimum Gasteiger partial charge on any atom is -0.397 e. The van der Waals surface area contributed by atoms with Gasteiger partial charge in [0.2, 0.25) is 0 Å². The molecular weight excluding hydrogens is 240 g/mol. The van der Waals surface area contributed by atoms with Crippen LogP contribution in [0, 0.1) is 0 Å². The number of ether oxygens (including phenoxy) is 1. The van der Waals surface area contributed by atoms with Gasteiger partial charge < -0.3 is 15.8 Å². The number of nitrogens with two attached hydrogens (primary N) is 1. The third-order valence-corrected chi connectivity index (χ3v) is 2.85. The Morgan fingerprint density at radius 3 is 2.76 bits per heavy atom. The molecule has 0 spiro atoms. The minimum absolute atomic E-state index is 0.255. The second-order valence-electron chi connectivity index (χ2n) is 4.35. The molecule has 1 rings (SSSR count).